The lowest BCUT2D eigenvalue weighted by Gasteiger charge is -2.26. The van der Waals surface area contributed by atoms with Gasteiger partial charge in [-0.25, -0.2) is 4.68 Å². The van der Waals surface area contributed by atoms with Gasteiger partial charge in [0.2, 0.25) is 0 Å². The van der Waals surface area contributed by atoms with Crippen molar-refractivity contribution in [3.05, 3.63) is 90.0 Å². The van der Waals surface area contributed by atoms with Crippen LogP contribution >= 0.6 is 0 Å². The Hall–Kier alpha value is -4.22. The van der Waals surface area contributed by atoms with Crippen LogP contribution in [0.4, 0.5) is 18.9 Å². The highest BCUT2D eigenvalue weighted by molar-refractivity contribution is 6.04. The number of rotatable bonds is 9. The van der Waals surface area contributed by atoms with Gasteiger partial charge < -0.3 is 14.8 Å². The van der Waals surface area contributed by atoms with Gasteiger partial charge in [0.05, 0.1) is 43.5 Å². The Kier molecular flexibility index (Phi) is 8.65. The molecule has 214 valence electrons. The number of hydrogen-bond acceptors (Lipinski definition) is 6. The van der Waals surface area contributed by atoms with Gasteiger partial charge in [-0.15, -0.1) is 0 Å². The number of ether oxygens (including phenoxy) is 2. The van der Waals surface area contributed by atoms with Gasteiger partial charge in [0.1, 0.15) is 5.75 Å². The molecule has 1 saturated heterocycles. The number of hydrogen-bond donors (Lipinski definition) is 1. The molecular formula is C30H30F3N5O3. The molecule has 0 bridgehead atoms. The van der Waals surface area contributed by atoms with E-state index in [0.29, 0.717) is 23.7 Å². The average molecular weight is 566 g/mol. The second-order valence-corrected chi connectivity index (χ2v) is 9.77. The number of aryl methyl sites for hydroxylation is 1. The summed E-state index contributed by atoms with van der Waals surface area (Å²) in [5.41, 5.74) is 2.74. The third kappa shape index (κ3) is 7.30. The van der Waals surface area contributed by atoms with Crippen molar-refractivity contribution in [2.45, 2.75) is 19.5 Å². The Morgan fingerprint density at radius 1 is 1.05 bits per heavy atom. The van der Waals surface area contributed by atoms with Crippen LogP contribution in [0.1, 0.15) is 27.9 Å². The van der Waals surface area contributed by atoms with Crippen molar-refractivity contribution < 1.29 is 27.4 Å². The predicted octanol–water partition coefficient (Wildman–Crippen LogP) is 5.61. The number of morpholine rings is 1. The van der Waals surface area contributed by atoms with Crippen molar-refractivity contribution in [3.8, 4) is 22.6 Å². The number of carbonyl (C=O) groups excluding carboxylic acids is 1. The van der Waals surface area contributed by atoms with Gasteiger partial charge in [0, 0.05) is 54.4 Å². The molecule has 0 aliphatic carbocycles. The van der Waals surface area contributed by atoms with E-state index < -0.39 is 17.6 Å². The minimum Gasteiger partial charge on any atom is -0.492 e. The lowest BCUT2D eigenvalue weighted by atomic mass is 10.1. The van der Waals surface area contributed by atoms with Crippen LogP contribution < -0.4 is 10.1 Å². The molecule has 11 heteroatoms. The number of nitrogens with zero attached hydrogens (tertiary/aromatic N) is 4. The minimum atomic E-state index is -4.53. The highest BCUT2D eigenvalue weighted by Gasteiger charge is 2.31. The first kappa shape index (κ1) is 28.3. The number of halogens is 3. The van der Waals surface area contributed by atoms with Crippen LogP contribution in [0.2, 0.25) is 0 Å². The Bertz CT molecular complexity index is 1500. The van der Waals surface area contributed by atoms with Crippen LogP contribution in [0.5, 0.6) is 5.75 Å². The van der Waals surface area contributed by atoms with E-state index in [9.17, 15) is 18.0 Å². The molecule has 0 radical (unpaired) electrons. The monoisotopic (exact) mass is 565 g/mol. The molecule has 1 aliphatic rings. The largest absolute Gasteiger partial charge is 0.492 e. The molecular weight excluding hydrogens is 535 g/mol. The molecule has 8 nitrogen and oxygen atoms in total. The normalized spacial score (nSPS) is 14.1. The smallest absolute Gasteiger partial charge is 0.416 e. The topological polar surface area (TPSA) is 81.5 Å². The number of benzene rings is 2. The van der Waals surface area contributed by atoms with E-state index in [0.717, 1.165) is 68.1 Å². The fourth-order valence-electron chi connectivity index (χ4n) is 4.54. The Morgan fingerprint density at radius 3 is 2.68 bits per heavy atom. The molecule has 1 aliphatic heterocycles. The van der Waals surface area contributed by atoms with Crippen molar-refractivity contribution >= 4 is 11.6 Å². The van der Waals surface area contributed by atoms with E-state index in [2.05, 4.69) is 20.3 Å². The van der Waals surface area contributed by atoms with Crippen LogP contribution in [-0.2, 0) is 10.9 Å². The fourth-order valence-corrected chi connectivity index (χ4v) is 4.54. The Labute approximate surface area is 235 Å². The van der Waals surface area contributed by atoms with Crippen LogP contribution in [0.25, 0.3) is 16.8 Å². The van der Waals surface area contributed by atoms with Crippen molar-refractivity contribution in [1.82, 2.24) is 19.7 Å². The highest BCUT2D eigenvalue weighted by atomic mass is 19.4. The summed E-state index contributed by atoms with van der Waals surface area (Å²) in [4.78, 5) is 19.4. The molecule has 2 aromatic heterocycles. The number of pyridine rings is 1. The minimum absolute atomic E-state index is 0.0842. The highest BCUT2D eigenvalue weighted by Crippen LogP contribution is 2.30. The molecule has 41 heavy (non-hydrogen) atoms. The summed E-state index contributed by atoms with van der Waals surface area (Å²) in [5.74, 6) is 0.0348. The maximum atomic E-state index is 13.1. The molecule has 4 aromatic rings. The number of nitrogens with one attached hydrogen (secondary N) is 1. The maximum absolute atomic E-state index is 13.1. The first-order valence-corrected chi connectivity index (χ1v) is 13.3. The summed E-state index contributed by atoms with van der Waals surface area (Å²) in [6, 6.07) is 11.5. The Balaban J connectivity index is 1.25. The number of aromatic nitrogens is 3. The molecule has 1 N–H and O–H groups in total. The second-order valence-electron chi connectivity index (χ2n) is 9.77. The van der Waals surface area contributed by atoms with E-state index in [4.69, 9.17) is 9.47 Å². The van der Waals surface area contributed by atoms with E-state index in [1.54, 1.807) is 35.4 Å². The van der Waals surface area contributed by atoms with Gasteiger partial charge in [-0.1, -0.05) is 12.1 Å². The van der Waals surface area contributed by atoms with E-state index in [-0.39, 0.29) is 5.56 Å². The lowest BCUT2D eigenvalue weighted by Crippen LogP contribution is -2.37. The van der Waals surface area contributed by atoms with Gasteiger partial charge in [0.15, 0.2) is 0 Å². The zero-order valence-electron chi connectivity index (χ0n) is 22.5. The number of anilines is 1. The SMILES string of the molecule is Cc1ccc(NC(=O)c2cccc(C(F)(F)F)c2)cc1-n1cc(-c2cncc(OCCCN3CCOCC3)c2)cn1. The predicted molar refractivity (Wildman–Crippen MR) is 148 cm³/mol. The molecule has 3 heterocycles. The van der Waals surface area contributed by atoms with Gasteiger partial charge in [-0.05, 0) is 55.3 Å². The van der Waals surface area contributed by atoms with Crippen molar-refractivity contribution in [1.29, 1.82) is 0 Å². The first-order chi connectivity index (χ1) is 19.8. The van der Waals surface area contributed by atoms with Gasteiger partial charge in [0.25, 0.3) is 5.91 Å². The molecule has 1 fully saturated rings. The van der Waals surface area contributed by atoms with Gasteiger partial charge in [-0.3, -0.25) is 14.7 Å². The van der Waals surface area contributed by atoms with Crippen molar-refractivity contribution in [3.63, 3.8) is 0 Å². The van der Waals surface area contributed by atoms with Gasteiger partial charge >= 0.3 is 6.18 Å². The summed E-state index contributed by atoms with van der Waals surface area (Å²) in [6.45, 7) is 6.90. The van der Waals surface area contributed by atoms with E-state index in [1.807, 2.05) is 25.3 Å². The van der Waals surface area contributed by atoms with Crippen LogP contribution in [0.15, 0.2) is 73.3 Å². The lowest BCUT2D eigenvalue weighted by molar-refractivity contribution is -0.137. The average Bonchev–Trinajstić information content (AvgIpc) is 3.47. The molecule has 2 aromatic carbocycles. The van der Waals surface area contributed by atoms with Crippen LogP contribution in [-0.4, -0.2) is 65.0 Å². The van der Waals surface area contributed by atoms with Crippen LogP contribution in [0.3, 0.4) is 0 Å². The zero-order chi connectivity index (χ0) is 28.8. The number of alkyl halides is 3. The fraction of sp³-hybridized carbons (Fsp3) is 0.300. The molecule has 5 rings (SSSR count). The van der Waals surface area contributed by atoms with Crippen molar-refractivity contribution in [2.75, 3.05) is 44.8 Å². The molecule has 0 unspecified atom stereocenters. The summed E-state index contributed by atoms with van der Waals surface area (Å²) in [7, 11) is 0. The second kappa shape index (κ2) is 12.5. The van der Waals surface area contributed by atoms with Crippen LogP contribution in [0, 0.1) is 6.92 Å². The summed E-state index contributed by atoms with van der Waals surface area (Å²) in [5, 5.41) is 7.17. The van der Waals surface area contributed by atoms with E-state index in [1.165, 1.54) is 12.1 Å². The summed E-state index contributed by atoms with van der Waals surface area (Å²) < 4.78 is 52.2. The number of amides is 1. The Morgan fingerprint density at radius 2 is 1.88 bits per heavy atom. The molecule has 1 amide bonds. The zero-order valence-corrected chi connectivity index (χ0v) is 22.5. The summed E-state index contributed by atoms with van der Waals surface area (Å²) in [6.07, 6.45) is 3.35. The molecule has 0 atom stereocenters. The number of carbonyl (C=O) groups is 1. The quantitative estimate of drug-likeness (QED) is 0.266. The standard InChI is InChI=1S/C30H30F3N5O3/c1-21-6-7-26(36-29(39)22-4-2-5-25(14-22)30(31,32)33)16-28(21)38-20-24(18-35-38)23-15-27(19-34-17-23)41-11-3-8-37-9-12-40-13-10-37/h2,4-7,14-20H,3,8-13H2,1H3,(H,36,39). The summed E-state index contributed by atoms with van der Waals surface area (Å²) >= 11 is 0. The first-order valence-electron chi connectivity index (χ1n) is 13.3. The third-order valence-electron chi connectivity index (χ3n) is 6.79. The van der Waals surface area contributed by atoms with Gasteiger partial charge in [-0.2, -0.15) is 18.3 Å². The molecule has 0 saturated carbocycles. The molecule has 0 spiro atoms. The maximum Gasteiger partial charge on any atom is 0.416 e. The third-order valence-corrected chi connectivity index (χ3v) is 6.79. The van der Waals surface area contributed by atoms with Crippen molar-refractivity contribution in [2.24, 2.45) is 0 Å². The van der Waals surface area contributed by atoms with E-state index >= 15 is 0 Å².